The van der Waals surface area contributed by atoms with Crippen LogP contribution in [0.25, 0.3) is 0 Å². The minimum Gasteiger partial charge on any atom is -0.390 e. The smallest absolute Gasteiger partial charge is 0.390 e. The molecule has 2 nitrogen and oxygen atoms in total. The van der Waals surface area contributed by atoms with Crippen LogP contribution < -0.4 is 0 Å². The zero-order chi connectivity index (χ0) is 13.9. The van der Waals surface area contributed by atoms with Crippen molar-refractivity contribution in [1.29, 1.82) is 0 Å². The molecule has 0 aliphatic carbocycles. The number of aliphatic hydroxyl groups is 2. The Hall–Kier alpha value is -0.660. The zero-order valence-electron chi connectivity index (χ0n) is 9.09. The van der Waals surface area contributed by atoms with Crippen LogP contribution in [0, 0.1) is 5.82 Å². The van der Waals surface area contributed by atoms with Gasteiger partial charge in [-0.05, 0) is 18.6 Å². The molecular weight excluding hydrogens is 320 g/mol. The fourth-order valence-electron chi connectivity index (χ4n) is 1.42. The maximum absolute atomic E-state index is 13.4. The van der Waals surface area contributed by atoms with Crippen LogP contribution in [-0.4, -0.2) is 21.6 Å². The molecule has 0 aliphatic heterocycles. The quantitative estimate of drug-likeness (QED) is 0.658. The highest BCUT2D eigenvalue weighted by Crippen LogP contribution is 2.32. The molecule has 2 atom stereocenters. The number of benzene rings is 1. The van der Waals surface area contributed by atoms with E-state index in [2.05, 4.69) is 15.9 Å². The first-order valence-electron chi connectivity index (χ1n) is 5.06. The van der Waals surface area contributed by atoms with Gasteiger partial charge in [0, 0.05) is 10.9 Å². The van der Waals surface area contributed by atoms with E-state index < -0.39 is 29.8 Å². The van der Waals surface area contributed by atoms with Crippen molar-refractivity contribution in [2.75, 3.05) is 5.33 Å². The second-order valence-electron chi connectivity index (χ2n) is 3.72. The van der Waals surface area contributed by atoms with Crippen molar-refractivity contribution in [3.05, 3.63) is 35.1 Å². The van der Waals surface area contributed by atoms with Crippen molar-refractivity contribution in [3.8, 4) is 0 Å². The van der Waals surface area contributed by atoms with E-state index in [4.69, 9.17) is 0 Å². The highest BCUT2D eigenvalue weighted by Gasteiger charge is 2.32. The van der Waals surface area contributed by atoms with E-state index in [-0.39, 0.29) is 12.0 Å². The van der Waals surface area contributed by atoms with E-state index >= 15 is 0 Å². The zero-order valence-corrected chi connectivity index (χ0v) is 10.7. The molecule has 0 heterocycles. The summed E-state index contributed by atoms with van der Waals surface area (Å²) in [6.45, 7) is 0. The molecule has 7 heteroatoms. The first-order valence-corrected chi connectivity index (χ1v) is 6.18. The second-order valence-corrected chi connectivity index (χ2v) is 4.52. The molecule has 0 aromatic heterocycles. The molecule has 0 fully saturated rings. The van der Waals surface area contributed by atoms with Crippen LogP contribution in [0.3, 0.4) is 0 Å². The van der Waals surface area contributed by atoms with Gasteiger partial charge in [-0.25, -0.2) is 4.39 Å². The predicted molar refractivity (Wildman–Crippen MR) is 60.8 cm³/mol. The molecule has 1 aromatic carbocycles. The van der Waals surface area contributed by atoms with Gasteiger partial charge in [-0.2, -0.15) is 13.2 Å². The summed E-state index contributed by atoms with van der Waals surface area (Å²) >= 11 is 3.03. The molecular formula is C11H11BrF4O2. The molecule has 102 valence electrons. The summed E-state index contributed by atoms with van der Waals surface area (Å²) in [6, 6.07) is 1.81. The van der Waals surface area contributed by atoms with Gasteiger partial charge in [-0.3, -0.25) is 0 Å². The summed E-state index contributed by atoms with van der Waals surface area (Å²) in [5.74, 6) is -1.19. The lowest BCUT2D eigenvalue weighted by Gasteiger charge is -2.18. The summed E-state index contributed by atoms with van der Waals surface area (Å²) < 4.78 is 50.3. The molecule has 0 saturated carbocycles. The van der Waals surface area contributed by atoms with Crippen LogP contribution in [0.1, 0.15) is 23.7 Å². The van der Waals surface area contributed by atoms with Gasteiger partial charge in [0.1, 0.15) is 11.9 Å². The van der Waals surface area contributed by atoms with Gasteiger partial charge < -0.3 is 10.2 Å². The summed E-state index contributed by atoms with van der Waals surface area (Å²) in [7, 11) is 0. The van der Waals surface area contributed by atoms with Crippen molar-refractivity contribution < 1.29 is 27.8 Å². The Morgan fingerprint density at radius 3 is 2.28 bits per heavy atom. The molecule has 0 spiro atoms. The Morgan fingerprint density at radius 1 is 1.22 bits per heavy atom. The van der Waals surface area contributed by atoms with Gasteiger partial charge in [0.2, 0.25) is 0 Å². The Bertz CT molecular complexity index is 409. The number of aliphatic hydroxyl groups excluding tert-OH is 2. The fourth-order valence-corrected chi connectivity index (χ4v) is 1.89. The number of rotatable bonds is 4. The fraction of sp³-hybridized carbons (Fsp3) is 0.455. The van der Waals surface area contributed by atoms with E-state index in [9.17, 15) is 27.8 Å². The van der Waals surface area contributed by atoms with Crippen molar-refractivity contribution >= 4 is 15.9 Å². The third-order valence-electron chi connectivity index (χ3n) is 2.42. The van der Waals surface area contributed by atoms with Crippen LogP contribution in [0.2, 0.25) is 0 Å². The molecule has 0 radical (unpaired) electrons. The summed E-state index contributed by atoms with van der Waals surface area (Å²) in [4.78, 5) is 0. The average Bonchev–Trinajstić information content (AvgIpc) is 2.27. The Kier molecular flexibility index (Phi) is 5.12. The summed E-state index contributed by atoms with van der Waals surface area (Å²) in [5, 5.41) is 19.4. The number of hydrogen-bond donors (Lipinski definition) is 2. The number of alkyl halides is 4. The lowest BCUT2D eigenvalue weighted by molar-refractivity contribution is -0.137. The topological polar surface area (TPSA) is 40.5 Å². The standard InChI is InChI=1S/C11H11BrF4O2/c12-4-3-9(17)10(18)7-2-1-6(5-8(7)13)11(14,15)16/h1-2,5,9-10,17-18H,3-4H2. The Labute approximate surface area is 109 Å². The Balaban J connectivity index is 2.99. The van der Waals surface area contributed by atoms with Crippen molar-refractivity contribution in [2.24, 2.45) is 0 Å². The molecule has 1 aromatic rings. The minimum atomic E-state index is -4.64. The van der Waals surface area contributed by atoms with Gasteiger partial charge in [-0.15, -0.1) is 0 Å². The van der Waals surface area contributed by atoms with Crippen molar-refractivity contribution in [2.45, 2.75) is 24.8 Å². The van der Waals surface area contributed by atoms with E-state index in [1.54, 1.807) is 0 Å². The van der Waals surface area contributed by atoms with Gasteiger partial charge >= 0.3 is 6.18 Å². The van der Waals surface area contributed by atoms with Crippen molar-refractivity contribution in [1.82, 2.24) is 0 Å². The van der Waals surface area contributed by atoms with E-state index in [1.165, 1.54) is 0 Å². The molecule has 0 aliphatic rings. The van der Waals surface area contributed by atoms with Crippen molar-refractivity contribution in [3.63, 3.8) is 0 Å². The third-order valence-corrected chi connectivity index (χ3v) is 2.87. The maximum Gasteiger partial charge on any atom is 0.416 e. The first-order chi connectivity index (χ1) is 8.27. The molecule has 1 rings (SSSR count). The lowest BCUT2D eigenvalue weighted by Crippen LogP contribution is -2.20. The van der Waals surface area contributed by atoms with Crippen LogP contribution in [0.4, 0.5) is 17.6 Å². The highest BCUT2D eigenvalue weighted by molar-refractivity contribution is 9.09. The summed E-state index contributed by atoms with van der Waals surface area (Å²) in [6.07, 6.45) is -7.28. The first kappa shape index (κ1) is 15.4. The van der Waals surface area contributed by atoms with Crippen LogP contribution >= 0.6 is 15.9 Å². The summed E-state index contributed by atoms with van der Waals surface area (Å²) in [5.41, 5.74) is -1.48. The van der Waals surface area contributed by atoms with Crippen LogP contribution in [0.15, 0.2) is 18.2 Å². The largest absolute Gasteiger partial charge is 0.416 e. The lowest BCUT2D eigenvalue weighted by atomic mass is 10.0. The third kappa shape index (κ3) is 3.66. The van der Waals surface area contributed by atoms with Gasteiger partial charge in [0.05, 0.1) is 11.7 Å². The second kappa shape index (κ2) is 5.99. The molecule has 18 heavy (non-hydrogen) atoms. The van der Waals surface area contributed by atoms with Gasteiger partial charge in [-0.1, -0.05) is 22.0 Å². The molecule has 0 bridgehead atoms. The van der Waals surface area contributed by atoms with E-state index in [1.807, 2.05) is 0 Å². The molecule has 0 saturated heterocycles. The molecule has 2 N–H and O–H groups in total. The predicted octanol–water partition coefficient (Wildman–Crippen LogP) is 3.02. The van der Waals surface area contributed by atoms with Gasteiger partial charge in [0.15, 0.2) is 0 Å². The molecule has 2 unspecified atom stereocenters. The normalized spacial score (nSPS) is 15.5. The maximum atomic E-state index is 13.4. The monoisotopic (exact) mass is 330 g/mol. The average molecular weight is 331 g/mol. The van der Waals surface area contributed by atoms with Crippen LogP contribution in [0.5, 0.6) is 0 Å². The highest BCUT2D eigenvalue weighted by atomic mass is 79.9. The Morgan fingerprint density at radius 2 is 1.83 bits per heavy atom. The van der Waals surface area contributed by atoms with E-state index in [0.29, 0.717) is 17.5 Å². The number of halogens is 5. The van der Waals surface area contributed by atoms with Crippen LogP contribution in [-0.2, 0) is 6.18 Å². The SMILES string of the molecule is OC(CCBr)C(O)c1ccc(C(F)(F)F)cc1F. The van der Waals surface area contributed by atoms with Gasteiger partial charge in [0.25, 0.3) is 0 Å². The van der Waals surface area contributed by atoms with E-state index in [0.717, 1.165) is 6.07 Å². The number of hydrogen-bond acceptors (Lipinski definition) is 2. The molecule has 0 amide bonds. The minimum absolute atomic E-state index is 0.154.